The number of carbonyl (C=O) groups excluding carboxylic acids is 1. The molecule has 6 heteroatoms. The van der Waals surface area contributed by atoms with Crippen molar-refractivity contribution in [2.75, 3.05) is 11.4 Å². The van der Waals surface area contributed by atoms with E-state index in [1.54, 1.807) is 6.20 Å². The molecule has 0 aromatic carbocycles. The van der Waals surface area contributed by atoms with Crippen LogP contribution in [-0.2, 0) is 16.0 Å². The van der Waals surface area contributed by atoms with E-state index in [0.29, 0.717) is 12.2 Å². The number of H-pyrrole nitrogens is 1. The van der Waals surface area contributed by atoms with Gasteiger partial charge in [0.1, 0.15) is 5.82 Å². The van der Waals surface area contributed by atoms with Crippen LogP contribution in [-0.4, -0.2) is 33.7 Å². The van der Waals surface area contributed by atoms with E-state index in [0.717, 1.165) is 5.56 Å². The van der Waals surface area contributed by atoms with E-state index in [1.807, 2.05) is 0 Å². The Labute approximate surface area is 85.9 Å². The van der Waals surface area contributed by atoms with Gasteiger partial charge in [-0.15, -0.1) is 0 Å². The molecule has 1 aliphatic heterocycles. The molecule has 0 fully saturated rings. The van der Waals surface area contributed by atoms with Gasteiger partial charge in [-0.2, -0.15) is 5.10 Å². The molecule has 1 unspecified atom stereocenters. The average Bonchev–Trinajstić information content (AvgIpc) is 2.62. The summed E-state index contributed by atoms with van der Waals surface area (Å²) in [6, 6.07) is 0. The Balaban J connectivity index is 2.35. The van der Waals surface area contributed by atoms with Gasteiger partial charge in [-0.05, 0) is 6.42 Å². The van der Waals surface area contributed by atoms with Crippen molar-refractivity contribution in [1.29, 1.82) is 0 Å². The topological polar surface area (TPSA) is 86.3 Å². The molecular weight excluding hydrogens is 198 g/mol. The number of anilines is 1. The lowest BCUT2D eigenvalue weighted by molar-refractivity contribution is -0.141. The average molecular weight is 209 g/mol. The molecule has 1 aromatic heterocycles. The molecule has 0 aliphatic carbocycles. The number of aromatic amines is 1. The Morgan fingerprint density at radius 1 is 1.67 bits per heavy atom. The number of hydrogen-bond acceptors (Lipinski definition) is 3. The van der Waals surface area contributed by atoms with Crippen LogP contribution in [0.5, 0.6) is 0 Å². The SMILES string of the molecule is CC(=O)N1CC(C(=O)O)Cc2cn[nH]c21. The van der Waals surface area contributed by atoms with Crippen molar-refractivity contribution in [3.05, 3.63) is 11.8 Å². The molecule has 2 N–H and O–H groups in total. The van der Waals surface area contributed by atoms with Gasteiger partial charge >= 0.3 is 5.97 Å². The first-order valence-corrected chi connectivity index (χ1v) is 4.62. The number of carbonyl (C=O) groups is 2. The van der Waals surface area contributed by atoms with Crippen molar-refractivity contribution in [2.24, 2.45) is 5.92 Å². The Hall–Kier alpha value is -1.85. The molecule has 0 saturated carbocycles. The van der Waals surface area contributed by atoms with E-state index >= 15 is 0 Å². The molecule has 1 amide bonds. The van der Waals surface area contributed by atoms with Crippen LogP contribution < -0.4 is 4.90 Å². The number of nitrogens with one attached hydrogen (secondary N) is 1. The summed E-state index contributed by atoms with van der Waals surface area (Å²) in [6.07, 6.45) is 1.99. The number of amides is 1. The lowest BCUT2D eigenvalue weighted by Crippen LogP contribution is -2.41. The van der Waals surface area contributed by atoms with E-state index in [-0.39, 0.29) is 12.5 Å². The van der Waals surface area contributed by atoms with Crippen LogP contribution in [0.4, 0.5) is 5.82 Å². The molecule has 0 saturated heterocycles. The highest BCUT2D eigenvalue weighted by molar-refractivity contribution is 5.92. The summed E-state index contributed by atoms with van der Waals surface area (Å²) in [7, 11) is 0. The van der Waals surface area contributed by atoms with Crippen LogP contribution in [0, 0.1) is 5.92 Å². The minimum absolute atomic E-state index is 0.175. The van der Waals surface area contributed by atoms with Gasteiger partial charge in [-0.3, -0.25) is 19.6 Å². The number of carboxylic acid groups (broad SMARTS) is 1. The highest BCUT2D eigenvalue weighted by Gasteiger charge is 2.32. The second kappa shape index (κ2) is 3.38. The Morgan fingerprint density at radius 3 is 3.00 bits per heavy atom. The van der Waals surface area contributed by atoms with Crippen LogP contribution in [0.2, 0.25) is 0 Å². The maximum Gasteiger partial charge on any atom is 0.308 e. The molecule has 0 radical (unpaired) electrons. The summed E-state index contributed by atoms with van der Waals surface area (Å²) >= 11 is 0. The van der Waals surface area contributed by atoms with Crippen molar-refractivity contribution < 1.29 is 14.7 Å². The standard InChI is InChI=1S/C9H11N3O3/c1-5(13)12-4-7(9(14)15)2-6-3-10-11-8(6)12/h3,7H,2,4H2,1H3,(H,10,11)(H,14,15). The van der Waals surface area contributed by atoms with Gasteiger partial charge in [-0.25, -0.2) is 0 Å². The first kappa shape index (κ1) is 9.70. The van der Waals surface area contributed by atoms with Crippen molar-refractivity contribution in [3.8, 4) is 0 Å². The number of aromatic nitrogens is 2. The third kappa shape index (κ3) is 1.58. The number of fused-ring (bicyclic) bond motifs is 1. The Morgan fingerprint density at radius 2 is 2.40 bits per heavy atom. The molecule has 1 aliphatic rings. The predicted octanol–water partition coefficient (Wildman–Crippen LogP) is 0.0195. The zero-order valence-corrected chi connectivity index (χ0v) is 8.23. The lowest BCUT2D eigenvalue weighted by Gasteiger charge is -2.28. The monoisotopic (exact) mass is 209 g/mol. The molecule has 6 nitrogen and oxygen atoms in total. The lowest BCUT2D eigenvalue weighted by atomic mass is 9.96. The molecule has 1 aromatic rings. The zero-order valence-electron chi connectivity index (χ0n) is 8.23. The molecule has 2 rings (SSSR count). The van der Waals surface area contributed by atoms with Crippen molar-refractivity contribution in [1.82, 2.24) is 10.2 Å². The Kier molecular flexibility index (Phi) is 2.18. The van der Waals surface area contributed by atoms with Gasteiger partial charge in [0.15, 0.2) is 0 Å². The highest BCUT2D eigenvalue weighted by atomic mass is 16.4. The first-order chi connectivity index (χ1) is 7.09. The minimum atomic E-state index is -0.881. The van der Waals surface area contributed by atoms with Crippen molar-refractivity contribution >= 4 is 17.7 Å². The van der Waals surface area contributed by atoms with Crippen molar-refractivity contribution in [3.63, 3.8) is 0 Å². The van der Waals surface area contributed by atoms with Gasteiger partial charge in [0.05, 0.1) is 12.1 Å². The van der Waals surface area contributed by atoms with E-state index < -0.39 is 11.9 Å². The fourth-order valence-corrected chi connectivity index (χ4v) is 1.78. The Bertz CT molecular complexity index is 412. The van der Waals surface area contributed by atoms with E-state index in [2.05, 4.69) is 10.2 Å². The maximum absolute atomic E-state index is 11.3. The maximum atomic E-state index is 11.3. The molecule has 2 heterocycles. The quantitative estimate of drug-likeness (QED) is 0.682. The second-order valence-electron chi connectivity index (χ2n) is 3.61. The van der Waals surface area contributed by atoms with Gasteiger partial charge < -0.3 is 5.11 Å². The number of hydrogen-bond donors (Lipinski definition) is 2. The summed E-state index contributed by atoms with van der Waals surface area (Å²) in [5, 5.41) is 15.5. The van der Waals surface area contributed by atoms with Crippen LogP contribution in [0.25, 0.3) is 0 Å². The van der Waals surface area contributed by atoms with E-state index in [1.165, 1.54) is 11.8 Å². The number of rotatable bonds is 1. The van der Waals surface area contributed by atoms with E-state index in [9.17, 15) is 9.59 Å². The smallest absolute Gasteiger partial charge is 0.308 e. The summed E-state index contributed by atoms with van der Waals surface area (Å²) < 4.78 is 0. The number of aliphatic carboxylic acids is 1. The minimum Gasteiger partial charge on any atom is -0.481 e. The number of carboxylic acids is 1. The summed E-state index contributed by atoms with van der Waals surface area (Å²) in [6.45, 7) is 1.62. The van der Waals surface area contributed by atoms with Gasteiger partial charge in [0.25, 0.3) is 0 Å². The first-order valence-electron chi connectivity index (χ1n) is 4.62. The van der Waals surface area contributed by atoms with Crippen LogP contribution in [0.15, 0.2) is 6.20 Å². The molecule has 80 valence electrons. The van der Waals surface area contributed by atoms with E-state index in [4.69, 9.17) is 5.11 Å². The zero-order chi connectivity index (χ0) is 11.0. The second-order valence-corrected chi connectivity index (χ2v) is 3.61. The fraction of sp³-hybridized carbons (Fsp3) is 0.444. The summed E-state index contributed by atoms with van der Waals surface area (Å²) in [5.74, 6) is -0.974. The number of nitrogens with zero attached hydrogens (tertiary/aromatic N) is 2. The molecule has 0 spiro atoms. The molecule has 15 heavy (non-hydrogen) atoms. The van der Waals surface area contributed by atoms with Gasteiger partial charge in [-0.1, -0.05) is 0 Å². The van der Waals surface area contributed by atoms with Crippen LogP contribution in [0.1, 0.15) is 12.5 Å². The van der Waals surface area contributed by atoms with Crippen molar-refractivity contribution in [2.45, 2.75) is 13.3 Å². The third-order valence-electron chi connectivity index (χ3n) is 2.56. The highest BCUT2D eigenvalue weighted by Crippen LogP contribution is 2.27. The summed E-state index contributed by atoms with van der Waals surface area (Å²) in [4.78, 5) is 23.6. The predicted molar refractivity (Wildman–Crippen MR) is 51.4 cm³/mol. The molecule has 1 atom stereocenters. The normalized spacial score (nSPS) is 19.8. The van der Waals surface area contributed by atoms with Gasteiger partial charge in [0, 0.05) is 19.0 Å². The third-order valence-corrected chi connectivity index (χ3v) is 2.56. The van der Waals surface area contributed by atoms with Crippen LogP contribution in [0.3, 0.4) is 0 Å². The largest absolute Gasteiger partial charge is 0.481 e. The van der Waals surface area contributed by atoms with Gasteiger partial charge in [0.2, 0.25) is 5.91 Å². The molecule has 0 bridgehead atoms. The summed E-state index contributed by atoms with van der Waals surface area (Å²) in [5.41, 5.74) is 0.781. The van der Waals surface area contributed by atoms with Crippen LogP contribution >= 0.6 is 0 Å². The fourth-order valence-electron chi connectivity index (χ4n) is 1.78. The molecular formula is C9H11N3O3.